The largest absolute Gasteiger partial charge is 0.506 e. The summed E-state index contributed by atoms with van der Waals surface area (Å²) >= 11 is 0. The van der Waals surface area contributed by atoms with Crippen LogP contribution in [-0.4, -0.2) is 20.1 Å². The van der Waals surface area contributed by atoms with E-state index in [0.717, 1.165) is 23.0 Å². The first-order valence-corrected chi connectivity index (χ1v) is 9.64. The van der Waals surface area contributed by atoms with Gasteiger partial charge in [0, 0.05) is 0 Å². The number of phenolic OH excluding ortho intramolecular Hbond substituents is 1. The number of phenols is 1. The number of rotatable bonds is 2. The number of fused-ring (bicyclic) bond motifs is 4. The highest BCUT2D eigenvalue weighted by molar-refractivity contribution is 5.85. The summed E-state index contributed by atoms with van der Waals surface area (Å²) in [6.07, 6.45) is 0.918. The summed E-state index contributed by atoms with van der Waals surface area (Å²) in [6, 6.07) is 28.4. The highest BCUT2D eigenvalue weighted by Gasteiger charge is 2.21. The minimum Gasteiger partial charge on any atom is -0.506 e. The van der Waals surface area contributed by atoms with Crippen molar-refractivity contribution in [2.75, 3.05) is 0 Å². The number of hydrogen-bond acceptors (Lipinski definition) is 3. The minimum absolute atomic E-state index is 0.157. The maximum Gasteiger partial charge on any atom is 0.143 e. The van der Waals surface area contributed by atoms with Gasteiger partial charge in [-0.1, -0.05) is 60.7 Å². The molecular formula is C25H17N3O. The molecule has 4 heteroatoms. The molecule has 0 spiro atoms. The summed E-state index contributed by atoms with van der Waals surface area (Å²) in [5.41, 5.74) is 9.67. The molecule has 4 aromatic carbocycles. The predicted molar refractivity (Wildman–Crippen MR) is 114 cm³/mol. The average molecular weight is 375 g/mol. The van der Waals surface area contributed by atoms with Crippen LogP contribution in [0, 0.1) is 0 Å². The van der Waals surface area contributed by atoms with Crippen molar-refractivity contribution in [3.05, 3.63) is 96.1 Å². The number of benzene rings is 4. The molecule has 1 heterocycles. The molecule has 0 fully saturated rings. The SMILES string of the molecule is Oc1ccc(-c2cccc3c2Cc2ccccc2-3)cc1-n1nc2ccccc2n1. The molecule has 0 aliphatic heterocycles. The zero-order chi connectivity index (χ0) is 19.4. The van der Waals surface area contributed by atoms with E-state index in [1.165, 1.54) is 32.6 Å². The molecule has 0 bridgehead atoms. The molecule has 138 valence electrons. The third-order valence-electron chi connectivity index (χ3n) is 5.64. The molecule has 6 rings (SSSR count). The molecule has 0 radical (unpaired) electrons. The van der Waals surface area contributed by atoms with Gasteiger partial charge in [0.1, 0.15) is 22.5 Å². The van der Waals surface area contributed by atoms with Crippen LogP contribution in [0.3, 0.4) is 0 Å². The Balaban J connectivity index is 1.51. The van der Waals surface area contributed by atoms with Gasteiger partial charge in [-0.25, -0.2) is 0 Å². The van der Waals surface area contributed by atoms with Crippen molar-refractivity contribution >= 4 is 11.0 Å². The van der Waals surface area contributed by atoms with Crippen molar-refractivity contribution in [2.24, 2.45) is 0 Å². The molecule has 1 aliphatic carbocycles. The van der Waals surface area contributed by atoms with Gasteiger partial charge in [-0.3, -0.25) is 0 Å². The Kier molecular flexibility index (Phi) is 3.35. The first-order valence-electron chi connectivity index (χ1n) is 9.64. The molecule has 5 aromatic rings. The molecule has 1 N–H and O–H groups in total. The second-order valence-corrected chi connectivity index (χ2v) is 7.35. The zero-order valence-corrected chi connectivity index (χ0v) is 15.6. The minimum atomic E-state index is 0.157. The summed E-state index contributed by atoms with van der Waals surface area (Å²) < 4.78 is 0. The van der Waals surface area contributed by atoms with Crippen molar-refractivity contribution in [2.45, 2.75) is 6.42 Å². The van der Waals surface area contributed by atoms with E-state index < -0.39 is 0 Å². The Morgan fingerprint density at radius 3 is 2.21 bits per heavy atom. The topological polar surface area (TPSA) is 50.9 Å². The molecule has 0 saturated heterocycles. The van der Waals surface area contributed by atoms with Crippen molar-refractivity contribution < 1.29 is 5.11 Å². The Bertz CT molecular complexity index is 1370. The van der Waals surface area contributed by atoms with Crippen LogP contribution in [-0.2, 0) is 6.42 Å². The maximum atomic E-state index is 10.5. The number of aromatic nitrogens is 3. The van der Waals surface area contributed by atoms with E-state index in [2.05, 4.69) is 52.7 Å². The van der Waals surface area contributed by atoms with Crippen LogP contribution < -0.4 is 0 Å². The first-order chi connectivity index (χ1) is 14.3. The lowest BCUT2D eigenvalue weighted by Gasteiger charge is -2.11. The molecule has 0 atom stereocenters. The average Bonchev–Trinajstić information content (AvgIpc) is 3.35. The maximum absolute atomic E-state index is 10.5. The second-order valence-electron chi connectivity index (χ2n) is 7.35. The van der Waals surface area contributed by atoms with Crippen molar-refractivity contribution in [3.8, 4) is 33.7 Å². The van der Waals surface area contributed by atoms with Crippen LogP contribution in [0.25, 0.3) is 39.0 Å². The highest BCUT2D eigenvalue weighted by atomic mass is 16.3. The fourth-order valence-electron chi connectivity index (χ4n) is 4.25. The highest BCUT2D eigenvalue weighted by Crippen LogP contribution is 2.42. The van der Waals surface area contributed by atoms with E-state index in [1.807, 2.05) is 36.4 Å². The van der Waals surface area contributed by atoms with E-state index >= 15 is 0 Å². The number of hydrogen-bond donors (Lipinski definition) is 1. The third kappa shape index (κ3) is 2.46. The summed E-state index contributed by atoms with van der Waals surface area (Å²) in [6.45, 7) is 0. The molecule has 0 saturated carbocycles. The van der Waals surface area contributed by atoms with Gasteiger partial charge < -0.3 is 5.11 Å². The van der Waals surface area contributed by atoms with Crippen LogP contribution in [0.2, 0.25) is 0 Å². The molecule has 1 aromatic heterocycles. The Labute approximate surface area is 167 Å². The number of aromatic hydroxyl groups is 1. The molecule has 4 nitrogen and oxygen atoms in total. The smallest absolute Gasteiger partial charge is 0.143 e. The van der Waals surface area contributed by atoms with Crippen molar-refractivity contribution in [1.82, 2.24) is 15.0 Å². The quantitative estimate of drug-likeness (QED) is 0.443. The van der Waals surface area contributed by atoms with Crippen LogP contribution in [0.1, 0.15) is 11.1 Å². The lowest BCUT2D eigenvalue weighted by Crippen LogP contribution is -2.00. The van der Waals surface area contributed by atoms with Crippen LogP contribution in [0.4, 0.5) is 0 Å². The third-order valence-corrected chi connectivity index (χ3v) is 5.64. The van der Waals surface area contributed by atoms with Crippen molar-refractivity contribution in [1.29, 1.82) is 0 Å². The van der Waals surface area contributed by atoms with E-state index in [1.54, 1.807) is 6.07 Å². The molecule has 0 unspecified atom stereocenters. The Morgan fingerprint density at radius 1 is 0.690 bits per heavy atom. The van der Waals surface area contributed by atoms with Gasteiger partial charge in [-0.15, -0.1) is 15.0 Å². The van der Waals surface area contributed by atoms with Gasteiger partial charge in [-0.05, 0) is 64.1 Å². The van der Waals surface area contributed by atoms with E-state index in [4.69, 9.17) is 0 Å². The monoisotopic (exact) mass is 375 g/mol. The van der Waals surface area contributed by atoms with Crippen LogP contribution in [0.15, 0.2) is 84.9 Å². The van der Waals surface area contributed by atoms with E-state index in [-0.39, 0.29) is 5.75 Å². The lowest BCUT2D eigenvalue weighted by atomic mass is 9.95. The van der Waals surface area contributed by atoms with E-state index in [9.17, 15) is 5.11 Å². The summed E-state index contributed by atoms with van der Waals surface area (Å²) in [7, 11) is 0. The Hall–Kier alpha value is -3.92. The summed E-state index contributed by atoms with van der Waals surface area (Å²) in [5.74, 6) is 0.157. The van der Waals surface area contributed by atoms with Crippen LogP contribution in [0.5, 0.6) is 5.75 Å². The predicted octanol–water partition coefficient (Wildman–Crippen LogP) is 5.36. The van der Waals surface area contributed by atoms with Crippen LogP contribution >= 0.6 is 0 Å². The fraction of sp³-hybridized carbons (Fsp3) is 0.0400. The van der Waals surface area contributed by atoms with Gasteiger partial charge in [0.2, 0.25) is 0 Å². The summed E-state index contributed by atoms with van der Waals surface area (Å²) in [4.78, 5) is 1.52. The number of nitrogens with zero attached hydrogens (tertiary/aromatic N) is 3. The van der Waals surface area contributed by atoms with Gasteiger partial charge in [0.15, 0.2) is 0 Å². The zero-order valence-electron chi connectivity index (χ0n) is 15.6. The van der Waals surface area contributed by atoms with Gasteiger partial charge in [0.05, 0.1) is 0 Å². The lowest BCUT2D eigenvalue weighted by molar-refractivity contribution is 0.468. The molecule has 1 aliphatic rings. The Morgan fingerprint density at radius 2 is 1.38 bits per heavy atom. The molecule has 0 amide bonds. The van der Waals surface area contributed by atoms with Gasteiger partial charge in [0.25, 0.3) is 0 Å². The molecule has 29 heavy (non-hydrogen) atoms. The van der Waals surface area contributed by atoms with Gasteiger partial charge >= 0.3 is 0 Å². The first kappa shape index (κ1) is 16.1. The molecular weight excluding hydrogens is 358 g/mol. The second kappa shape index (κ2) is 6.04. The summed E-state index contributed by atoms with van der Waals surface area (Å²) in [5, 5.41) is 19.6. The standard InChI is InChI=1S/C25H17N3O/c29-25-13-12-17(15-24(25)28-26-22-10-3-4-11-23(22)27-28)19-8-5-9-20-18-7-2-1-6-16(18)14-21(19)20/h1-13,15,29H,14H2. The normalized spacial score (nSPS) is 12.1. The fourth-order valence-corrected chi connectivity index (χ4v) is 4.25. The van der Waals surface area contributed by atoms with Gasteiger partial charge in [-0.2, -0.15) is 0 Å². The van der Waals surface area contributed by atoms with Crippen molar-refractivity contribution in [3.63, 3.8) is 0 Å². The van der Waals surface area contributed by atoms with E-state index in [0.29, 0.717) is 5.69 Å².